The van der Waals surface area contributed by atoms with Crippen molar-refractivity contribution in [1.82, 2.24) is 0 Å². The smallest absolute Gasteiger partial charge is 0.202 e. The van der Waals surface area contributed by atoms with Crippen LogP contribution in [0.3, 0.4) is 0 Å². The summed E-state index contributed by atoms with van der Waals surface area (Å²) in [6, 6.07) is 14.0. The number of aryl methyl sites for hydroxylation is 1. The molecule has 0 saturated heterocycles. The van der Waals surface area contributed by atoms with E-state index in [0.29, 0.717) is 31.4 Å². The SMILES string of the molecule is C=C1Oc2ccc(C)cc2-c2oc(NCCOC)c(-c3ccc(OCC)cc3)c21. The van der Waals surface area contributed by atoms with E-state index in [0.717, 1.165) is 45.1 Å². The van der Waals surface area contributed by atoms with E-state index >= 15 is 0 Å². The lowest BCUT2D eigenvalue weighted by molar-refractivity contribution is 0.210. The Labute approximate surface area is 170 Å². The highest BCUT2D eigenvalue weighted by Crippen LogP contribution is 2.50. The Kier molecular flexibility index (Phi) is 5.32. The molecule has 2 heterocycles. The first-order valence-electron chi connectivity index (χ1n) is 9.73. The van der Waals surface area contributed by atoms with Crippen molar-refractivity contribution < 1.29 is 18.6 Å². The summed E-state index contributed by atoms with van der Waals surface area (Å²) < 4.78 is 23.1. The van der Waals surface area contributed by atoms with Crippen molar-refractivity contribution in [2.45, 2.75) is 13.8 Å². The van der Waals surface area contributed by atoms with E-state index in [1.165, 1.54) is 0 Å². The first-order chi connectivity index (χ1) is 14.1. The maximum Gasteiger partial charge on any atom is 0.202 e. The zero-order chi connectivity index (χ0) is 20.4. The van der Waals surface area contributed by atoms with Gasteiger partial charge in [-0.2, -0.15) is 0 Å². The largest absolute Gasteiger partial charge is 0.494 e. The van der Waals surface area contributed by atoms with Crippen molar-refractivity contribution in [2.24, 2.45) is 0 Å². The molecule has 5 nitrogen and oxygen atoms in total. The van der Waals surface area contributed by atoms with Crippen molar-refractivity contribution in [3.63, 3.8) is 0 Å². The van der Waals surface area contributed by atoms with E-state index in [-0.39, 0.29) is 0 Å². The maximum absolute atomic E-state index is 6.33. The average molecular weight is 391 g/mol. The second-order valence-corrected chi connectivity index (χ2v) is 6.91. The van der Waals surface area contributed by atoms with E-state index in [4.69, 9.17) is 18.6 Å². The zero-order valence-electron chi connectivity index (χ0n) is 17.0. The van der Waals surface area contributed by atoms with Gasteiger partial charge in [0.2, 0.25) is 5.88 Å². The summed E-state index contributed by atoms with van der Waals surface area (Å²) in [5.74, 6) is 3.60. The molecule has 0 amide bonds. The van der Waals surface area contributed by atoms with Crippen LogP contribution in [0.15, 0.2) is 53.5 Å². The Balaban J connectivity index is 1.86. The molecule has 1 aliphatic heterocycles. The van der Waals surface area contributed by atoms with E-state index in [1.807, 2.05) is 43.3 Å². The minimum Gasteiger partial charge on any atom is -0.494 e. The molecule has 2 aromatic carbocycles. The van der Waals surface area contributed by atoms with Crippen LogP contribution < -0.4 is 14.8 Å². The van der Waals surface area contributed by atoms with Gasteiger partial charge in [-0.1, -0.05) is 30.3 Å². The minimum absolute atomic E-state index is 0.571. The molecule has 0 unspecified atom stereocenters. The fraction of sp³-hybridized carbons (Fsp3) is 0.250. The monoisotopic (exact) mass is 391 g/mol. The average Bonchev–Trinajstić information content (AvgIpc) is 3.10. The molecule has 0 atom stereocenters. The van der Waals surface area contributed by atoms with Gasteiger partial charge in [-0.05, 0) is 43.7 Å². The Bertz CT molecular complexity index is 1030. The maximum atomic E-state index is 6.33. The van der Waals surface area contributed by atoms with Crippen LogP contribution in [-0.4, -0.2) is 26.9 Å². The minimum atomic E-state index is 0.571. The molecule has 0 radical (unpaired) electrons. The summed E-state index contributed by atoms with van der Waals surface area (Å²) in [5, 5.41) is 3.36. The number of benzene rings is 2. The number of nitrogens with one attached hydrogen (secondary N) is 1. The molecule has 5 heteroatoms. The standard InChI is InChI=1S/C24H25NO4/c1-5-27-18-9-7-17(8-10-18)22-21-16(3)28-20-11-6-15(2)14-19(20)23(21)29-24(22)25-12-13-26-4/h6-11,14,25H,3,5,12-13H2,1-2,4H3. The fourth-order valence-electron chi connectivity index (χ4n) is 3.53. The molecule has 3 aromatic rings. The molecule has 1 N–H and O–H groups in total. The summed E-state index contributed by atoms with van der Waals surface area (Å²) in [7, 11) is 1.68. The second-order valence-electron chi connectivity index (χ2n) is 6.91. The van der Waals surface area contributed by atoms with E-state index in [1.54, 1.807) is 7.11 Å². The van der Waals surface area contributed by atoms with Crippen LogP contribution in [0.5, 0.6) is 11.5 Å². The highest BCUT2D eigenvalue weighted by Gasteiger charge is 2.31. The van der Waals surface area contributed by atoms with Gasteiger partial charge in [0.1, 0.15) is 17.3 Å². The van der Waals surface area contributed by atoms with Crippen LogP contribution >= 0.6 is 0 Å². The van der Waals surface area contributed by atoms with Gasteiger partial charge < -0.3 is 23.9 Å². The number of methoxy groups -OCH3 is 1. The van der Waals surface area contributed by atoms with Crippen LogP contribution in [0.4, 0.5) is 5.88 Å². The van der Waals surface area contributed by atoms with Gasteiger partial charge in [-0.15, -0.1) is 0 Å². The lowest BCUT2D eigenvalue weighted by atomic mass is 9.95. The molecule has 0 bridgehead atoms. The second kappa shape index (κ2) is 8.05. The number of furan rings is 1. The Morgan fingerprint density at radius 1 is 1.07 bits per heavy atom. The van der Waals surface area contributed by atoms with E-state index in [9.17, 15) is 0 Å². The first-order valence-corrected chi connectivity index (χ1v) is 9.73. The van der Waals surface area contributed by atoms with Crippen molar-refractivity contribution >= 4 is 11.6 Å². The van der Waals surface area contributed by atoms with E-state index < -0.39 is 0 Å². The topological polar surface area (TPSA) is 52.9 Å². The molecule has 150 valence electrons. The summed E-state index contributed by atoms with van der Waals surface area (Å²) in [4.78, 5) is 0. The molecule has 0 aliphatic carbocycles. The van der Waals surface area contributed by atoms with Gasteiger partial charge in [0.15, 0.2) is 5.76 Å². The highest BCUT2D eigenvalue weighted by molar-refractivity contribution is 5.96. The molecular formula is C24H25NO4. The normalized spacial score (nSPS) is 12.2. The quantitative estimate of drug-likeness (QED) is 0.520. The molecule has 0 saturated carbocycles. The van der Waals surface area contributed by atoms with Gasteiger partial charge in [-0.3, -0.25) is 0 Å². The Hall–Kier alpha value is -3.18. The highest BCUT2D eigenvalue weighted by atomic mass is 16.5. The third kappa shape index (κ3) is 3.61. The van der Waals surface area contributed by atoms with Crippen LogP contribution in [0, 0.1) is 6.92 Å². The molecule has 4 rings (SSSR count). The van der Waals surface area contributed by atoms with E-state index in [2.05, 4.69) is 24.9 Å². The molecule has 0 spiro atoms. The van der Waals surface area contributed by atoms with Gasteiger partial charge >= 0.3 is 0 Å². The lowest BCUT2D eigenvalue weighted by Crippen LogP contribution is -2.08. The number of hydrogen-bond acceptors (Lipinski definition) is 5. The third-order valence-electron chi connectivity index (χ3n) is 4.85. The molecule has 1 aromatic heterocycles. The molecular weight excluding hydrogens is 366 g/mol. The summed E-state index contributed by atoms with van der Waals surface area (Å²) in [5.41, 5.74) is 4.86. The summed E-state index contributed by atoms with van der Waals surface area (Å²) in [6.45, 7) is 10.0. The van der Waals surface area contributed by atoms with Crippen LogP contribution in [0.1, 0.15) is 18.1 Å². The van der Waals surface area contributed by atoms with Gasteiger partial charge in [0, 0.05) is 13.7 Å². The third-order valence-corrected chi connectivity index (χ3v) is 4.85. The summed E-state index contributed by atoms with van der Waals surface area (Å²) >= 11 is 0. The van der Waals surface area contributed by atoms with Crippen LogP contribution in [-0.2, 0) is 4.74 Å². The van der Waals surface area contributed by atoms with Crippen molar-refractivity contribution in [3.8, 4) is 33.9 Å². The van der Waals surface area contributed by atoms with Gasteiger partial charge in [0.25, 0.3) is 0 Å². The van der Waals surface area contributed by atoms with Crippen molar-refractivity contribution in [1.29, 1.82) is 0 Å². The Morgan fingerprint density at radius 2 is 1.86 bits per heavy atom. The number of ether oxygens (including phenoxy) is 3. The van der Waals surface area contributed by atoms with Crippen LogP contribution in [0.2, 0.25) is 0 Å². The predicted octanol–water partition coefficient (Wildman–Crippen LogP) is 5.74. The first kappa shape index (κ1) is 19.2. The van der Waals surface area contributed by atoms with Crippen molar-refractivity contribution in [3.05, 3.63) is 60.2 Å². The summed E-state index contributed by atoms with van der Waals surface area (Å²) in [6.07, 6.45) is 0. The van der Waals surface area contributed by atoms with Crippen LogP contribution in [0.25, 0.3) is 28.2 Å². The number of fused-ring (bicyclic) bond motifs is 3. The molecule has 1 aliphatic rings. The van der Waals surface area contributed by atoms with Crippen molar-refractivity contribution in [2.75, 3.05) is 32.2 Å². The van der Waals surface area contributed by atoms with Gasteiger partial charge in [-0.25, -0.2) is 0 Å². The zero-order valence-corrected chi connectivity index (χ0v) is 17.0. The number of anilines is 1. The fourth-order valence-corrected chi connectivity index (χ4v) is 3.53. The number of rotatable bonds is 7. The predicted molar refractivity (Wildman–Crippen MR) is 116 cm³/mol. The lowest BCUT2D eigenvalue weighted by Gasteiger charge is -2.19. The number of hydrogen-bond donors (Lipinski definition) is 1. The van der Waals surface area contributed by atoms with Gasteiger partial charge in [0.05, 0.1) is 29.9 Å². The molecule has 29 heavy (non-hydrogen) atoms. The Morgan fingerprint density at radius 3 is 2.59 bits per heavy atom. The molecule has 0 fully saturated rings.